The molecule has 2 aromatic rings. The molecule has 7 nitrogen and oxygen atoms in total. The van der Waals surface area contributed by atoms with E-state index in [-0.39, 0.29) is 6.61 Å². The zero-order valence-electron chi connectivity index (χ0n) is 10.0. The Kier molecular flexibility index (Phi) is 3.97. The van der Waals surface area contributed by atoms with Gasteiger partial charge in [0.25, 0.3) is 5.95 Å². The number of nitrogens with zero attached hydrogens (tertiary/aromatic N) is 4. The van der Waals surface area contributed by atoms with Crippen LogP contribution in [0.1, 0.15) is 5.56 Å². The van der Waals surface area contributed by atoms with Gasteiger partial charge in [-0.2, -0.15) is 5.10 Å². The van der Waals surface area contributed by atoms with Crippen LogP contribution in [0.15, 0.2) is 35.7 Å². The summed E-state index contributed by atoms with van der Waals surface area (Å²) in [6.45, 7) is 0.231. The quantitative estimate of drug-likeness (QED) is 0.351. The van der Waals surface area contributed by atoms with Gasteiger partial charge in [-0.3, -0.25) is 0 Å². The van der Waals surface area contributed by atoms with Crippen molar-refractivity contribution >= 4 is 12.2 Å². The van der Waals surface area contributed by atoms with Gasteiger partial charge in [0.1, 0.15) is 18.7 Å². The van der Waals surface area contributed by atoms with Gasteiger partial charge in [-0.1, -0.05) is 18.1 Å². The smallest absolute Gasteiger partial charge is 0.263 e. The molecule has 0 amide bonds. The molecule has 0 aliphatic heterocycles. The summed E-state index contributed by atoms with van der Waals surface area (Å²) in [7, 11) is 0. The van der Waals surface area contributed by atoms with Crippen LogP contribution in [0.5, 0.6) is 5.75 Å². The summed E-state index contributed by atoms with van der Waals surface area (Å²) >= 11 is 0. The second-order valence-corrected chi connectivity index (χ2v) is 3.50. The number of rotatable bonds is 5. The lowest BCUT2D eigenvalue weighted by molar-refractivity contribution is 0.370. The number of ether oxygens (including phenoxy) is 1. The number of aromatic nitrogens is 3. The van der Waals surface area contributed by atoms with E-state index >= 15 is 0 Å². The summed E-state index contributed by atoms with van der Waals surface area (Å²) in [4.78, 5) is 0. The lowest BCUT2D eigenvalue weighted by Crippen LogP contribution is -2.10. The lowest BCUT2D eigenvalue weighted by atomic mass is 10.2. The molecule has 96 valence electrons. The van der Waals surface area contributed by atoms with E-state index in [1.54, 1.807) is 6.21 Å². The van der Waals surface area contributed by atoms with Crippen LogP contribution in [0.4, 0.5) is 5.95 Å². The van der Waals surface area contributed by atoms with Crippen molar-refractivity contribution < 1.29 is 4.74 Å². The van der Waals surface area contributed by atoms with Crippen molar-refractivity contribution in [3.63, 3.8) is 0 Å². The van der Waals surface area contributed by atoms with E-state index in [4.69, 9.17) is 17.0 Å². The van der Waals surface area contributed by atoms with Gasteiger partial charge in [0.2, 0.25) is 0 Å². The minimum absolute atomic E-state index is 0.231. The lowest BCUT2D eigenvalue weighted by Gasteiger charge is -2.02. The Hall–Kier alpha value is -3.01. The SMILES string of the molecule is C#CCOc1cccc(C=NNc2nncn2N)c1. The first-order valence-electron chi connectivity index (χ1n) is 5.40. The summed E-state index contributed by atoms with van der Waals surface area (Å²) in [6, 6.07) is 7.36. The first-order chi connectivity index (χ1) is 9.29. The Morgan fingerprint density at radius 2 is 2.47 bits per heavy atom. The van der Waals surface area contributed by atoms with Crippen molar-refractivity contribution in [1.82, 2.24) is 14.9 Å². The van der Waals surface area contributed by atoms with E-state index in [1.807, 2.05) is 24.3 Å². The van der Waals surface area contributed by atoms with Crippen molar-refractivity contribution in [1.29, 1.82) is 0 Å². The van der Waals surface area contributed by atoms with Gasteiger partial charge < -0.3 is 10.6 Å². The minimum Gasteiger partial charge on any atom is -0.481 e. The first kappa shape index (κ1) is 12.4. The molecule has 0 aliphatic rings. The summed E-state index contributed by atoms with van der Waals surface area (Å²) in [5.41, 5.74) is 3.52. The molecule has 1 aromatic heterocycles. The number of benzene rings is 1. The number of nitrogens with two attached hydrogens (primary N) is 1. The fourth-order valence-corrected chi connectivity index (χ4v) is 1.30. The number of hydrogen-bond acceptors (Lipinski definition) is 6. The minimum atomic E-state index is 0.231. The maximum Gasteiger partial charge on any atom is 0.263 e. The number of terminal acetylenes is 1. The molecule has 7 heteroatoms. The van der Waals surface area contributed by atoms with Gasteiger partial charge in [0.05, 0.1) is 6.21 Å². The normalized spacial score (nSPS) is 10.3. The first-order valence-corrected chi connectivity index (χ1v) is 5.40. The fourth-order valence-electron chi connectivity index (χ4n) is 1.30. The number of hydrogen-bond donors (Lipinski definition) is 2. The van der Waals surface area contributed by atoms with Gasteiger partial charge in [0, 0.05) is 0 Å². The van der Waals surface area contributed by atoms with Gasteiger partial charge in [-0.05, 0) is 17.7 Å². The highest BCUT2D eigenvalue weighted by Crippen LogP contribution is 2.11. The third-order valence-corrected chi connectivity index (χ3v) is 2.13. The fraction of sp³-hybridized carbons (Fsp3) is 0.0833. The van der Waals surface area contributed by atoms with E-state index in [9.17, 15) is 0 Å². The number of hydrazone groups is 1. The highest BCUT2D eigenvalue weighted by Gasteiger charge is 1.97. The third-order valence-electron chi connectivity index (χ3n) is 2.13. The molecule has 19 heavy (non-hydrogen) atoms. The topological polar surface area (TPSA) is 90.3 Å². The molecule has 0 bridgehead atoms. The van der Waals surface area contributed by atoms with Crippen LogP contribution in [-0.2, 0) is 0 Å². The van der Waals surface area contributed by atoms with E-state index in [1.165, 1.54) is 11.0 Å². The molecular formula is C12H12N6O. The van der Waals surface area contributed by atoms with Crippen molar-refractivity contribution in [3.8, 4) is 18.1 Å². The molecule has 0 fully saturated rings. The zero-order valence-corrected chi connectivity index (χ0v) is 10.0. The Balaban J connectivity index is 1.99. The molecule has 0 atom stereocenters. The largest absolute Gasteiger partial charge is 0.481 e. The maximum absolute atomic E-state index is 5.52. The summed E-state index contributed by atoms with van der Waals surface area (Å²) < 4.78 is 6.53. The highest BCUT2D eigenvalue weighted by atomic mass is 16.5. The van der Waals surface area contributed by atoms with Crippen LogP contribution in [0.2, 0.25) is 0 Å². The van der Waals surface area contributed by atoms with Crippen LogP contribution in [0.25, 0.3) is 0 Å². The van der Waals surface area contributed by atoms with Crippen LogP contribution < -0.4 is 16.0 Å². The number of nitrogens with one attached hydrogen (secondary N) is 1. The standard InChI is InChI=1S/C12H12N6O/c1-2-6-19-11-5-3-4-10(7-11)8-14-16-12-17-15-9-18(12)13/h1,3-5,7-9H,6,13H2,(H,16,17). The molecule has 1 aromatic carbocycles. The molecule has 0 aliphatic carbocycles. The Bertz CT molecular complexity index is 613. The molecule has 1 heterocycles. The van der Waals surface area contributed by atoms with Crippen LogP contribution in [0.3, 0.4) is 0 Å². The highest BCUT2D eigenvalue weighted by molar-refractivity contribution is 5.80. The van der Waals surface area contributed by atoms with E-state index in [0.29, 0.717) is 11.7 Å². The van der Waals surface area contributed by atoms with Crippen LogP contribution in [0, 0.1) is 12.3 Å². The molecule has 0 spiro atoms. The maximum atomic E-state index is 5.52. The van der Waals surface area contributed by atoms with Gasteiger partial charge in [-0.25, -0.2) is 10.1 Å². The van der Waals surface area contributed by atoms with Crippen molar-refractivity contribution in [2.75, 3.05) is 17.9 Å². The monoisotopic (exact) mass is 256 g/mol. The second-order valence-electron chi connectivity index (χ2n) is 3.50. The molecular weight excluding hydrogens is 244 g/mol. The van der Waals surface area contributed by atoms with Gasteiger partial charge in [0.15, 0.2) is 0 Å². The predicted octanol–water partition coefficient (Wildman–Crippen LogP) is 0.450. The molecule has 0 unspecified atom stereocenters. The number of anilines is 1. The molecule has 0 radical (unpaired) electrons. The summed E-state index contributed by atoms with van der Waals surface area (Å²) in [6.07, 6.45) is 8.10. The second kappa shape index (κ2) is 6.07. The van der Waals surface area contributed by atoms with Crippen molar-refractivity contribution in [2.24, 2.45) is 5.10 Å². The van der Waals surface area contributed by atoms with Crippen molar-refractivity contribution in [2.45, 2.75) is 0 Å². The Labute approximate surface area is 110 Å². The van der Waals surface area contributed by atoms with Crippen LogP contribution in [-0.4, -0.2) is 27.7 Å². The molecule has 3 N–H and O–H groups in total. The summed E-state index contributed by atoms with van der Waals surface area (Å²) in [5, 5.41) is 11.3. The Morgan fingerprint density at radius 3 is 3.21 bits per heavy atom. The van der Waals surface area contributed by atoms with Crippen LogP contribution >= 0.6 is 0 Å². The number of nitrogen functional groups attached to an aromatic ring is 1. The average Bonchev–Trinajstić information content (AvgIpc) is 2.83. The summed E-state index contributed by atoms with van der Waals surface area (Å²) in [5.74, 6) is 8.95. The van der Waals surface area contributed by atoms with E-state index < -0.39 is 0 Å². The van der Waals surface area contributed by atoms with Gasteiger partial charge >= 0.3 is 0 Å². The molecule has 2 rings (SSSR count). The van der Waals surface area contributed by atoms with E-state index in [2.05, 4.69) is 26.6 Å². The van der Waals surface area contributed by atoms with Crippen molar-refractivity contribution in [3.05, 3.63) is 36.2 Å². The average molecular weight is 256 g/mol. The molecule has 0 saturated heterocycles. The molecule has 0 saturated carbocycles. The zero-order chi connectivity index (χ0) is 13.5. The third kappa shape index (κ3) is 3.47. The van der Waals surface area contributed by atoms with E-state index in [0.717, 1.165) is 5.56 Å². The van der Waals surface area contributed by atoms with Gasteiger partial charge in [-0.15, -0.1) is 16.6 Å². The Morgan fingerprint density at radius 1 is 1.58 bits per heavy atom. The predicted molar refractivity (Wildman–Crippen MR) is 72.2 cm³/mol.